The number of nitrogens with zero attached hydrogens (tertiary/aromatic N) is 2. The van der Waals surface area contributed by atoms with Gasteiger partial charge in [0.25, 0.3) is 0 Å². The zero-order chi connectivity index (χ0) is 11.8. The van der Waals surface area contributed by atoms with Crippen LogP contribution in [0.2, 0.25) is 5.02 Å². The number of aromatic nitrogens is 2. The molecule has 0 fully saturated rings. The van der Waals surface area contributed by atoms with Crippen molar-refractivity contribution in [3.8, 4) is 5.82 Å². The minimum atomic E-state index is -0.0502. The number of hydrogen-bond donors (Lipinski definition) is 0. The van der Waals surface area contributed by atoms with Gasteiger partial charge in [-0.25, -0.2) is 0 Å². The van der Waals surface area contributed by atoms with Gasteiger partial charge in [0, 0.05) is 0 Å². The molecule has 0 bridgehead atoms. The van der Waals surface area contributed by atoms with Crippen molar-refractivity contribution >= 4 is 36.0 Å². The maximum atomic E-state index is 12.2. The van der Waals surface area contributed by atoms with Crippen molar-refractivity contribution in [2.45, 2.75) is 0 Å². The van der Waals surface area contributed by atoms with Gasteiger partial charge in [-0.3, -0.25) is 0 Å². The Morgan fingerprint density at radius 1 is 1.24 bits per heavy atom. The molecule has 0 atom stereocenters. The Morgan fingerprint density at radius 3 is 2.82 bits per heavy atom. The number of rotatable bonds is 1. The fourth-order valence-electron chi connectivity index (χ4n) is 1.63. The van der Waals surface area contributed by atoms with Crippen molar-refractivity contribution in [1.82, 2.24) is 8.55 Å². The zero-order valence-electron chi connectivity index (χ0n) is 8.63. The van der Waals surface area contributed by atoms with Gasteiger partial charge in [-0.15, -0.1) is 0 Å². The summed E-state index contributed by atoms with van der Waals surface area (Å²) in [5.74, 6) is 0.624. The Kier molecular flexibility index (Phi) is 2.63. The Hall–Kier alpha value is -1.35. The number of hydrogen-bond acceptors (Lipinski definition) is 2. The van der Waals surface area contributed by atoms with Gasteiger partial charge in [0.15, 0.2) is 0 Å². The molecule has 0 radical (unpaired) electrons. The second kappa shape index (κ2) is 4.15. The Labute approximate surface area is 108 Å². The molecule has 0 aliphatic carbocycles. The number of pyridine rings is 1. The van der Waals surface area contributed by atoms with E-state index in [0.717, 1.165) is 9.65 Å². The van der Waals surface area contributed by atoms with Crippen molar-refractivity contribution in [1.29, 1.82) is 0 Å². The van der Waals surface area contributed by atoms with Crippen LogP contribution in [-0.2, 0) is 0 Å². The van der Waals surface area contributed by atoms with Crippen LogP contribution >= 0.6 is 11.6 Å². The summed E-state index contributed by atoms with van der Waals surface area (Å²) < 4.78 is 2.79. The van der Waals surface area contributed by atoms with E-state index in [9.17, 15) is 4.79 Å². The molecule has 0 aliphatic heterocycles. The van der Waals surface area contributed by atoms with Crippen molar-refractivity contribution in [2.24, 2.45) is 0 Å². The summed E-state index contributed by atoms with van der Waals surface area (Å²) in [4.78, 5) is 16.4. The molecular formula is C12H7ClN2OSe. The molecule has 2 aromatic heterocycles. The summed E-state index contributed by atoms with van der Waals surface area (Å²) in [6.45, 7) is 0. The second-order valence-corrected chi connectivity index (χ2v) is 6.03. The van der Waals surface area contributed by atoms with Crippen molar-refractivity contribution in [3.05, 3.63) is 58.0 Å². The summed E-state index contributed by atoms with van der Waals surface area (Å²) >= 11 is 5.86. The molecule has 0 spiro atoms. The van der Waals surface area contributed by atoms with Gasteiger partial charge in [0.2, 0.25) is 0 Å². The average Bonchev–Trinajstić information content (AvgIpc) is 2.68. The summed E-state index contributed by atoms with van der Waals surface area (Å²) in [5, 5.41) is 1.36. The predicted octanol–water partition coefficient (Wildman–Crippen LogP) is 2.10. The number of fused-ring (bicyclic) bond motifs is 1. The Balaban J connectivity index is 2.31. The molecule has 0 saturated carbocycles. The monoisotopic (exact) mass is 310 g/mol. The molecule has 1 aromatic carbocycles. The summed E-state index contributed by atoms with van der Waals surface area (Å²) in [6.07, 6.45) is 1.62. The van der Waals surface area contributed by atoms with Crippen LogP contribution in [0.5, 0.6) is 0 Å². The first kappa shape index (κ1) is 10.8. The predicted molar refractivity (Wildman–Crippen MR) is 69.3 cm³/mol. The fourth-order valence-corrected chi connectivity index (χ4v) is 3.80. The molecule has 17 heavy (non-hydrogen) atoms. The van der Waals surface area contributed by atoms with E-state index in [1.165, 1.54) is 0 Å². The molecule has 2 heterocycles. The van der Waals surface area contributed by atoms with E-state index in [0.29, 0.717) is 10.8 Å². The van der Waals surface area contributed by atoms with Gasteiger partial charge < -0.3 is 0 Å². The molecule has 3 aromatic rings. The fraction of sp³-hybridized carbons (Fsp3) is 0. The van der Waals surface area contributed by atoms with Gasteiger partial charge in [-0.2, -0.15) is 0 Å². The average molecular weight is 310 g/mol. The summed E-state index contributed by atoms with van der Waals surface area (Å²) in [5.41, 5.74) is 0.00960. The summed E-state index contributed by atoms with van der Waals surface area (Å²) in [7, 11) is 0. The van der Waals surface area contributed by atoms with E-state index in [1.807, 2.05) is 24.3 Å². The molecule has 0 amide bonds. The van der Waals surface area contributed by atoms with E-state index in [-0.39, 0.29) is 20.3 Å². The quantitative estimate of drug-likeness (QED) is 0.645. The normalized spacial score (nSPS) is 10.9. The van der Waals surface area contributed by atoms with Gasteiger partial charge in [-0.05, 0) is 0 Å². The van der Waals surface area contributed by atoms with Crippen molar-refractivity contribution < 1.29 is 0 Å². The molecule has 5 heteroatoms. The number of halogens is 1. The van der Waals surface area contributed by atoms with Crippen LogP contribution in [0.1, 0.15) is 0 Å². The van der Waals surface area contributed by atoms with Gasteiger partial charge in [-0.1, -0.05) is 0 Å². The van der Waals surface area contributed by atoms with E-state index >= 15 is 0 Å². The third-order valence-electron chi connectivity index (χ3n) is 2.41. The Bertz CT molecular complexity index is 747. The van der Waals surface area contributed by atoms with Crippen LogP contribution in [-0.4, -0.2) is 23.3 Å². The standard InChI is InChI=1S/C12H7ClN2OSe/c13-8-5-6-14-11(7-8)15-12(16)9-3-1-2-4-10(9)17-15/h1-7H. The molecule has 3 nitrogen and oxygen atoms in total. The molecule has 0 N–H and O–H groups in total. The van der Waals surface area contributed by atoms with Crippen LogP contribution in [0, 0.1) is 0 Å². The van der Waals surface area contributed by atoms with Crippen LogP contribution in [0.4, 0.5) is 0 Å². The number of benzene rings is 1. The van der Waals surface area contributed by atoms with Gasteiger partial charge in [0.05, 0.1) is 0 Å². The summed E-state index contributed by atoms with van der Waals surface area (Å²) in [6, 6.07) is 11.1. The molecule has 84 valence electrons. The third-order valence-corrected chi connectivity index (χ3v) is 4.93. The second-order valence-electron chi connectivity index (χ2n) is 3.52. The van der Waals surface area contributed by atoms with E-state index in [4.69, 9.17) is 11.6 Å². The van der Waals surface area contributed by atoms with E-state index in [1.54, 1.807) is 21.9 Å². The van der Waals surface area contributed by atoms with Crippen molar-refractivity contribution in [3.63, 3.8) is 0 Å². The zero-order valence-corrected chi connectivity index (χ0v) is 11.1. The topological polar surface area (TPSA) is 34.9 Å². The molecule has 3 rings (SSSR count). The Morgan fingerprint density at radius 2 is 2.06 bits per heavy atom. The first-order valence-electron chi connectivity index (χ1n) is 4.99. The van der Waals surface area contributed by atoms with Crippen molar-refractivity contribution in [2.75, 3.05) is 0 Å². The van der Waals surface area contributed by atoms with Crippen LogP contribution in [0.25, 0.3) is 15.5 Å². The van der Waals surface area contributed by atoms with E-state index < -0.39 is 0 Å². The minimum absolute atomic E-state index is 0.00960. The van der Waals surface area contributed by atoms with Gasteiger partial charge in [0.1, 0.15) is 0 Å². The van der Waals surface area contributed by atoms with Crippen LogP contribution in [0.3, 0.4) is 0 Å². The molecular weight excluding hydrogens is 303 g/mol. The first-order chi connectivity index (χ1) is 8.25. The van der Waals surface area contributed by atoms with E-state index in [2.05, 4.69) is 4.98 Å². The molecule has 0 aliphatic rings. The van der Waals surface area contributed by atoms with Crippen LogP contribution < -0.4 is 5.56 Å². The first-order valence-corrected chi connectivity index (χ1v) is 6.99. The SMILES string of the molecule is O=c1c2ccccc2[se]n1-c1cc(Cl)ccn1. The van der Waals surface area contributed by atoms with Crippen LogP contribution in [0.15, 0.2) is 47.4 Å². The molecule has 0 unspecified atom stereocenters. The van der Waals surface area contributed by atoms with Gasteiger partial charge >= 0.3 is 108 Å². The maximum absolute atomic E-state index is 12.2. The third kappa shape index (κ3) is 1.84. The molecule has 0 saturated heterocycles.